The van der Waals surface area contributed by atoms with Crippen LogP contribution in [0.1, 0.15) is 39.3 Å². The molecule has 0 spiro atoms. The average Bonchev–Trinajstić information content (AvgIpc) is 3.23. The number of nitro groups is 1. The van der Waals surface area contributed by atoms with Crippen molar-refractivity contribution in [3.05, 3.63) is 153 Å². The second-order valence-corrected chi connectivity index (χ2v) is 10.9. The molecule has 200 valence electrons. The lowest BCUT2D eigenvalue weighted by Gasteiger charge is -2.23. The van der Waals surface area contributed by atoms with Gasteiger partial charge >= 0.3 is 0 Å². The van der Waals surface area contributed by atoms with Gasteiger partial charge in [0, 0.05) is 40.4 Å². The van der Waals surface area contributed by atoms with E-state index in [1.807, 2.05) is 18.2 Å². The third-order valence-electron chi connectivity index (χ3n) is 8.22. The molecule has 1 aliphatic rings. The zero-order valence-electron chi connectivity index (χ0n) is 23.2. The van der Waals surface area contributed by atoms with Gasteiger partial charge in [-0.1, -0.05) is 83.9 Å². The third-order valence-corrected chi connectivity index (χ3v) is 8.22. The quantitative estimate of drug-likeness (QED) is 0.180. The van der Waals surface area contributed by atoms with Gasteiger partial charge in [0.05, 0.1) is 21.8 Å². The first-order chi connectivity index (χ1) is 19.9. The molecule has 5 heteroatoms. The van der Waals surface area contributed by atoms with E-state index in [9.17, 15) is 10.1 Å². The van der Waals surface area contributed by atoms with Crippen molar-refractivity contribution in [2.75, 3.05) is 5.32 Å². The van der Waals surface area contributed by atoms with E-state index in [0.717, 1.165) is 56.1 Å². The summed E-state index contributed by atoms with van der Waals surface area (Å²) in [6, 6.07) is 37.3. The standard InChI is InChI=1S/C36H29N3O2/c1-22-9-15-27(16-10-22)38-31-20-12-24(3)35-33(31)34(36(38)26-7-5-4-6-8-26)32(25-13-17-28(18-14-25)39(40)41)29-21-23(2)11-19-30(29)37-35/h4-21,32,37H,1-3H3. The van der Waals surface area contributed by atoms with Crippen LogP contribution in [0.4, 0.5) is 17.1 Å². The summed E-state index contributed by atoms with van der Waals surface area (Å²) in [6.07, 6.45) is 0. The molecule has 6 aromatic rings. The molecule has 7 rings (SSSR count). The molecule has 1 atom stereocenters. The number of nitro benzene ring substituents is 1. The fourth-order valence-electron chi connectivity index (χ4n) is 6.26. The topological polar surface area (TPSA) is 60.1 Å². The second kappa shape index (κ2) is 9.49. The molecular formula is C36H29N3O2. The summed E-state index contributed by atoms with van der Waals surface area (Å²) in [4.78, 5) is 11.2. The number of hydrogen-bond donors (Lipinski definition) is 1. The van der Waals surface area contributed by atoms with E-state index in [1.165, 1.54) is 16.5 Å². The zero-order chi connectivity index (χ0) is 28.2. The van der Waals surface area contributed by atoms with E-state index in [0.29, 0.717) is 0 Å². The van der Waals surface area contributed by atoms with Gasteiger partial charge in [0.1, 0.15) is 0 Å². The number of nitrogens with one attached hydrogen (secondary N) is 1. The fraction of sp³-hybridized carbons (Fsp3) is 0.111. The molecule has 0 amide bonds. The Labute approximate surface area is 238 Å². The molecule has 0 saturated heterocycles. The summed E-state index contributed by atoms with van der Waals surface area (Å²) in [7, 11) is 0. The summed E-state index contributed by atoms with van der Waals surface area (Å²) in [6.45, 7) is 6.37. The normalized spacial score (nSPS) is 13.9. The van der Waals surface area contributed by atoms with Crippen LogP contribution in [-0.2, 0) is 0 Å². The van der Waals surface area contributed by atoms with Crippen molar-refractivity contribution in [2.24, 2.45) is 0 Å². The maximum atomic E-state index is 11.6. The summed E-state index contributed by atoms with van der Waals surface area (Å²) >= 11 is 0. The molecule has 5 aromatic carbocycles. The molecule has 0 bridgehead atoms. The maximum absolute atomic E-state index is 11.6. The Balaban J connectivity index is 1.67. The van der Waals surface area contributed by atoms with Crippen molar-refractivity contribution < 1.29 is 4.92 Å². The van der Waals surface area contributed by atoms with Crippen molar-refractivity contribution in [1.29, 1.82) is 0 Å². The van der Waals surface area contributed by atoms with Crippen LogP contribution in [0, 0.1) is 30.9 Å². The Morgan fingerprint density at radius 1 is 0.780 bits per heavy atom. The van der Waals surface area contributed by atoms with Crippen molar-refractivity contribution in [2.45, 2.75) is 26.7 Å². The number of aryl methyl sites for hydroxylation is 3. The highest BCUT2D eigenvalue weighted by Crippen LogP contribution is 2.52. The molecular weight excluding hydrogens is 506 g/mol. The number of benzene rings is 5. The Hall–Kier alpha value is -5.16. The molecule has 1 unspecified atom stereocenters. The predicted octanol–water partition coefficient (Wildman–Crippen LogP) is 9.37. The number of aromatic nitrogens is 1. The smallest absolute Gasteiger partial charge is 0.269 e. The first-order valence-corrected chi connectivity index (χ1v) is 13.8. The van der Waals surface area contributed by atoms with E-state index in [4.69, 9.17) is 0 Å². The van der Waals surface area contributed by atoms with E-state index in [-0.39, 0.29) is 16.5 Å². The van der Waals surface area contributed by atoms with Crippen LogP contribution in [0.5, 0.6) is 0 Å². The van der Waals surface area contributed by atoms with Gasteiger partial charge in [-0.15, -0.1) is 0 Å². The van der Waals surface area contributed by atoms with Crippen LogP contribution in [0.15, 0.2) is 109 Å². The van der Waals surface area contributed by atoms with Gasteiger partial charge in [-0.05, 0) is 67.3 Å². The van der Waals surface area contributed by atoms with Crippen LogP contribution < -0.4 is 5.32 Å². The maximum Gasteiger partial charge on any atom is 0.269 e. The first kappa shape index (κ1) is 24.9. The second-order valence-electron chi connectivity index (χ2n) is 10.9. The Bertz CT molecular complexity index is 1950. The van der Waals surface area contributed by atoms with Crippen LogP contribution in [0.25, 0.3) is 27.8 Å². The van der Waals surface area contributed by atoms with Crippen molar-refractivity contribution in [3.63, 3.8) is 0 Å². The first-order valence-electron chi connectivity index (χ1n) is 13.8. The minimum atomic E-state index is -0.337. The number of hydrogen-bond acceptors (Lipinski definition) is 3. The highest BCUT2D eigenvalue weighted by Gasteiger charge is 2.34. The molecule has 1 aromatic heterocycles. The molecule has 5 nitrogen and oxygen atoms in total. The number of non-ortho nitro benzene ring substituents is 1. The predicted molar refractivity (Wildman–Crippen MR) is 167 cm³/mol. The molecule has 0 radical (unpaired) electrons. The molecule has 2 heterocycles. The Morgan fingerprint density at radius 2 is 1.49 bits per heavy atom. The van der Waals surface area contributed by atoms with E-state index in [2.05, 4.69) is 110 Å². The van der Waals surface area contributed by atoms with Crippen molar-refractivity contribution in [1.82, 2.24) is 4.57 Å². The highest BCUT2D eigenvalue weighted by atomic mass is 16.6. The highest BCUT2D eigenvalue weighted by molar-refractivity contribution is 6.06. The minimum absolute atomic E-state index is 0.0897. The number of rotatable bonds is 4. The van der Waals surface area contributed by atoms with Crippen molar-refractivity contribution in [3.8, 4) is 16.9 Å². The summed E-state index contributed by atoms with van der Waals surface area (Å²) in [5, 5.41) is 16.5. The van der Waals surface area contributed by atoms with E-state index >= 15 is 0 Å². The monoisotopic (exact) mass is 535 g/mol. The largest absolute Gasteiger partial charge is 0.354 e. The van der Waals surface area contributed by atoms with Gasteiger partial charge in [0.2, 0.25) is 0 Å². The fourth-order valence-corrected chi connectivity index (χ4v) is 6.26. The number of fused-ring (bicyclic) bond motifs is 1. The summed E-state index contributed by atoms with van der Waals surface area (Å²) in [5.74, 6) is -0.161. The lowest BCUT2D eigenvalue weighted by Crippen LogP contribution is -2.07. The lowest BCUT2D eigenvalue weighted by molar-refractivity contribution is -0.384. The zero-order valence-corrected chi connectivity index (χ0v) is 23.2. The summed E-state index contributed by atoms with van der Waals surface area (Å²) < 4.78 is 2.38. The SMILES string of the molecule is Cc1ccc(-n2c(-c3ccccc3)c3c4c(c(C)ccc42)Nc2ccc(C)cc2C3c2ccc([N+](=O)[O-])cc2)cc1. The van der Waals surface area contributed by atoms with Gasteiger partial charge in [-0.25, -0.2) is 0 Å². The van der Waals surface area contributed by atoms with Gasteiger partial charge in [-0.3, -0.25) is 10.1 Å². The third kappa shape index (κ3) is 4.01. The lowest BCUT2D eigenvalue weighted by atomic mass is 9.81. The molecule has 41 heavy (non-hydrogen) atoms. The van der Waals surface area contributed by atoms with Gasteiger partial charge in [-0.2, -0.15) is 0 Å². The number of nitrogens with zero attached hydrogens (tertiary/aromatic N) is 2. The van der Waals surface area contributed by atoms with E-state index in [1.54, 1.807) is 12.1 Å². The molecule has 1 aliphatic heterocycles. The van der Waals surface area contributed by atoms with Gasteiger partial charge in [0.15, 0.2) is 0 Å². The Morgan fingerprint density at radius 3 is 2.20 bits per heavy atom. The minimum Gasteiger partial charge on any atom is -0.354 e. The van der Waals surface area contributed by atoms with Crippen LogP contribution in [0.2, 0.25) is 0 Å². The van der Waals surface area contributed by atoms with Gasteiger partial charge in [0.25, 0.3) is 5.69 Å². The summed E-state index contributed by atoms with van der Waals surface area (Å²) in [5.41, 5.74) is 13.6. The number of anilines is 2. The average molecular weight is 536 g/mol. The molecule has 0 aliphatic carbocycles. The van der Waals surface area contributed by atoms with Crippen LogP contribution in [0.3, 0.4) is 0 Å². The van der Waals surface area contributed by atoms with Crippen LogP contribution in [-0.4, -0.2) is 9.49 Å². The van der Waals surface area contributed by atoms with Crippen LogP contribution >= 0.6 is 0 Å². The molecule has 0 saturated carbocycles. The Kier molecular flexibility index (Phi) is 5.75. The molecule has 0 fully saturated rings. The van der Waals surface area contributed by atoms with E-state index < -0.39 is 0 Å². The van der Waals surface area contributed by atoms with Gasteiger partial charge < -0.3 is 9.88 Å². The van der Waals surface area contributed by atoms with Crippen molar-refractivity contribution >= 4 is 28.0 Å². The molecule has 1 N–H and O–H groups in total.